The van der Waals surface area contributed by atoms with Gasteiger partial charge in [0.1, 0.15) is 5.60 Å². The predicted octanol–water partition coefficient (Wildman–Crippen LogP) is 3.61. The SMILES string of the molecule is CCCC1CN(Cc2ccccc2C(=O)O)CCN1C(=O)OC(C)(C)C. The Balaban J connectivity index is 2.07. The van der Waals surface area contributed by atoms with Crippen LogP contribution in [0.1, 0.15) is 56.5 Å². The van der Waals surface area contributed by atoms with E-state index in [1.807, 2.05) is 37.8 Å². The predicted molar refractivity (Wildman–Crippen MR) is 100 cm³/mol. The van der Waals surface area contributed by atoms with Crippen molar-refractivity contribution in [2.75, 3.05) is 19.6 Å². The number of carbonyl (C=O) groups excluding carboxylic acids is 1. The maximum atomic E-state index is 12.5. The topological polar surface area (TPSA) is 70.1 Å². The highest BCUT2D eigenvalue weighted by Gasteiger charge is 2.33. The van der Waals surface area contributed by atoms with Gasteiger partial charge in [-0.1, -0.05) is 31.5 Å². The number of carboxylic acids is 1. The zero-order valence-electron chi connectivity index (χ0n) is 16.2. The second kappa shape index (κ2) is 8.54. The van der Waals surface area contributed by atoms with E-state index in [4.69, 9.17) is 4.74 Å². The number of aromatic carboxylic acids is 1. The second-order valence-electron chi connectivity index (χ2n) is 7.81. The number of rotatable bonds is 5. The molecule has 1 amide bonds. The van der Waals surface area contributed by atoms with Crippen LogP contribution in [0.4, 0.5) is 4.79 Å². The summed E-state index contributed by atoms with van der Waals surface area (Å²) in [5.74, 6) is -0.905. The lowest BCUT2D eigenvalue weighted by Crippen LogP contribution is -2.55. The average Bonchev–Trinajstić information content (AvgIpc) is 2.54. The first-order valence-electron chi connectivity index (χ1n) is 9.24. The Morgan fingerprint density at radius 1 is 1.23 bits per heavy atom. The van der Waals surface area contributed by atoms with E-state index in [0.717, 1.165) is 24.9 Å². The molecule has 6 heteroatoms. The normalized spacial score (nSPS) is 18.6. The lowest BCUT2D eigenvalue weighted by molar-refractivity contribution is -0.00387. The van der Waals surface area contributed by atoms with Crippen molar-refractivity contribution in [1.82, 2.24) is 9.80 Å². The third-order valence-corrected chi connectivity index (χ3v) is 4.46. The fourth-order valence-corrected chi connectivity index (χ4v) is 3.31. The zero-order valence-corrected chi connectivity index (χ0v) is 16.2. The van der Waals surface area contributed by atoms with Gasteiger partial charge in [0.05, 0.1) is 5.56 Å². The molecule has 0 aliphatic carbocycles. The van der Waals surface area contributed by atoms with Crippen LogP contribution >= 0.6 is 0 Å². The second-order valence-corrected chi connectivity index (χ2v) is 7.81. The van der Waals surface area contributed by atoms with Gasteiger partial charge in [-0.3, -0.25) is 4.90 Å². The van der Waals surface area contributed by atoms with Crippen LogP contribution in [-0.4, -0.2) is 58.2 Å². The number of benzene rings is 1. The average molecular weight is 362 g/mol. The number of carbonyl (C=O) groups is 2. The van der Waals surface area contributed by atoms with Crippen molar-refractivity contribution in [2.24, 2.45) is 0 Å². The van der Waals surface area contributed by atoms with Crippen molar-refractivity contribution in [3.05, 3.63) is 35.4 Å². The smallest absolute Gasteiger partial charge is 0.410 e. The molecule has 1 aliphatic heterocycles. The summed E-state index contributed by atoms with van der Waals surface area (Å²) in [6.45, 7) is 10.3. The first-order chi connectivity index (χ1) is 12.2. The van der Waals surface area contributed by atoms with Crippen molar-refractivity contribution in [3.63, 3.8) is 0 Å². The molecule has 1 heterocycles. The molecular formula is C20H30N2O4. The minimum absolute atomic E-state index is 0.0839. The van der Waals surface area contributed by atoms with Crippen LogP contribution in [0, 0.1) is 0 Å². The molecule has 1 fully saturated rings. The van der Waals surface area contributed by atoms with Gasteiger partial charge in [-0.25, -0.2) is 9.59 Å². The van der Waals surface area contributed by atoms with E-state index in [0.29, 0.717) is 25.2 Å². The maximum absolute atomic E-state index is 12.5. The summed E-state index contributed by atoms with van der Waals surface area (Å²) in [6.07, 6.45) is 1.61. The molecule has 1 aromatic carbocycles. The maximum Gasteiger partial charge on any atom is 0.410 e. The van der Waals surface area contributed by atoms with Gasteiger partial charge in [-0.15, -0.1) is 0 Å². The quantitative estimate of drug-likeness (QED) is 0.866. The highest BCUT2D eigenvalue weighted by molar-refractivity contribution is 5.89. The Kier molecular flexibility index (Phi) is 6.64. The third-order valence-electron chi connectivity index (χ3n) is 4.46. The Morgan fingerprint density at radius 2 is 1.92 bits per heavy atom. The van der Waals surface area contributed by atoms with Crippen LogP contribution < -0.4 is 0 Å². The van der Waals surface area contributed by atoms with Crippen molar-refractivity contribution >= 4 is 12.1 Å². The lowest BCUT2D eigenvalue weighted by Gasteiger charge is -2.42. The Labute approximate surface area is 155 Å². The largest absolute Gasteiger partial charge is 0.478 e. The molecule has 1 unspecified atom stereocenters. The van der Waals surface area contributed by atoms with Crippen LogP contribution in [0.3, 0.4) is 0 Å². The van der Waals surface area contributed by atoms with E-state index in [-0.39, 0.29) is 12.1 Å². The van der Waals surface area contributed by atoms with Crippen LogP contribution in [0.5, 0.6) is 0 Å². The standard InChI is InChI=1S/C20H30N2O4/c1-5-8-16-14-21(11-12-22(16)19(25)26-20(2,3)4)13-15-9-6-7-10-17(15)18(23)24/h6-7,9-10,16H,5,8,11-14H2,1-4H3,(H,23,24). The highest BCUT2D eigenvalue weighted by Crippen LogP contribution is 2.21. The minimum atomic E-state index is -0.905. The van der Waals surface area contributed by atoms with Crippen LogP contribution in [0.15, 0.2) is 24.3 Å². The molecule has 1 atom stereocenters. The third kappa shape index (κ3) is 5.46. The van der Waals surface area contributed by atoms with Crippen molar-refractivity contribution in [2.45, 2.75) is 58.7 Å². The van der Waals surface area contributed by atoms with E-state index >= 15 is 0 Å². The molecule has 0 spiro atoms. The van der Waals surface area contributed by atoms with Crippen LogP contribution in [0.25, 0.3) is 0 Å². The molecule has 1 aliphatic rings. The number of carboxylic acid groups (broad SMARTS) is 1. The van der Waals surface area contributed by atoms with Crippen molar-refractivity contribution < 1.29 is 19.4 Å². The Hall–Kier alpha value is -2.08. The fraction of sp³-hybridized carbons (Fsp3) is 0.600. The number of piperazine rings is 1. The first-order valence-corrected chi connectivity index (χ1v) is 9.24. The monoisotopic (exact) mass is 362 g/mol. The molecule has 6 nitrogen and oxygen atoms in total. The van der Waals surface area contributed by atoms with Gasteiger partial charge in [-0.05, 0) is 38.8 Å². The van der Waals surface area contributed by atoms with Crippen LogP contribution in [0.2, 0.25) is 0 Å². The zero-order chi connectivity index (χ0) is 19.3. The molecule has 26 heavy (non-hydrogen) atoms. The Morgan fingerprint density at radius 3 is 2.54 bits per heavy atom. The van der Waals surface area contributed by atoms with Gasteiger partial charge in [0.15, 0.2) is 0 Å². The minimum Gasteiger partial charge on any atom is -0.478 e. The molecular weight excluding hydrogens is 332 g/mol. The molecule has 0 aromatic heterocycles. The van der Waals surface area contributed by atoms with Gasteiger partial charge in [0.2, 0.25) is 0 Å². The number of ether oxygens (including phenoxy) is 1. The number of hydrogen-bond donors (Lipinski definition) is 1. The molecule has 144 valence electrons. The summed E-state index contributed by atoms with van der Waals surface area (Å²) in [4.78, 5) is 28.0. The van der Waals surface area contributed by atoms with Gasteiger partial charge >= 0.3 is 12.1 Å². The first kappa shape index (κ1) is 20.2. The van der Waals surface area contributed by atoms with Gasteiger partial charge in [0.25, 0.3) is 0 Å². The van der Waals surface area contributed by atoms with E-state index in [1.54, 1.807) is 12.1 Å². The summed E-state index contributed by atoms with van der Waals surface area (Å²) in [5.41, 5.74) is 0.640. The van der Waals surface area contributed by atoms with E-state index < -0.39 is 11.6 Å². The summed E-state index contributed by atoms with van der Waals surface area (Å²) in [6, 6.07) is 7.19. The summed E-state index contributed by atoms with van der Waals surface area (Å²) >= 11 is 0. The number of nitrogens with zero attached hydrogens (tertiary/aromatic N) is 2. The summed E-state index contributed by atoms with van der Waals surface area (Å²) < 4.78 is 5.55. The van der Waals surface area contributed by atoms with E-state index in [2.05, 4.69) is 11.8 Å². The van der Waals surface area contributed by atoms with Crippen LogP contribution in [-0.2, 0) is 11.3 Å². The summed E-state index contributed by atoms with van der Waals surface area (Å²) in [7, 11) is 0. The fourth-order valence-electron chi connectivity index (χ4n) is 3.31. The Bertz CT molecular complexity index is 639. The highest BCUT2D eigenvalue weighted by atomic mass is 16.6. The molecule has 2 rings (SSSR count). The van der Waals surface area contributed by atoms with Gasteiger partial charge in [-0.2, -0.15) is 0 Å². The van der Waals surface area contributed by atoms with E-state index in [1.165, 1.54) is 0 Å². The molecule has 1 aromatic rings. The molecule has 0 radical (unpaired) electrons. The number of hydrogen-bond acceptors (Lipinski definition) is 4. The van der Waals surface area contributed by atoms with E-state index in [9.17, 15) is 14.7 Å². The molecule has 0 saturated carbocycles. The summed E-state index contributed by atoms with van der Waals surface area (Å²) in [5, 5.41) is 9.37. The molecule has 1 N–H and O–H groups in total. The van der Waals surface area contributed by atoms with Gasteiger partial charge < -0.3 is 14.7 Å². The van der Waals surface area contributed by atoms with Crippen molar-refractivity contribution in [1.29, 1.82) is 0 Å². The lowest BCUT2D eigenvalue weighted by atomic mass is 10.0. The van der Waals surface area contributed by atoms with Crippen molar-refractivity contribution in [3.8, 4) is 0 Å². The molecule has 1 saturated heterocycles. The number of amides is 1. The van der Waals surface area contributed by atoms with Gasteiger partial charge in [0, 0.05) is 32.2 Å². The molecule has 0 bridgehead atoms.